The molecule has 2 aromatic heterocycles. The molecule has 9 heteroatoms. The van der Waals surface area contributed by atoms with Crippen molar-refractivity contribution in [2.24, 2.45) is 0 Å². The number of nitrogens with one attached hydrogen (secondary N) is 1. The normalized spacial score (nSPS) is 10.9. The summed E-state index contributed by atoms with van der Waals surface area (Å²) in [7, 11) is 0. The molecule has 0 aliphatic carbocycles. The molecule has 2 rings (SSSR count). The van der Waals surface area contributed by atoms with Crippen molar-refractivity contribution in [2.75, 3.05) is 6.61 Å². The number of aromatic amines is 1. The predicted molar refractivity (Wildman–Crippen MR) is 78.8 cm³/mol. The number of carbonyl (C=O) groups excluding carboxylic acids is 2. The van der Waals surface area contributed by atoms with Crippen LogP contribution in [0, 0.1) is 13.8 Å². The highest BCUT2D eigenvalue weighted by molar-refractivity contribution is 5.98. The minimum Gasteiger partial charge on any atom is -0.462 e. The smallest absolute Gasteiger partial charge is 0.355 e. The van der Waals surface area contributed by atoms with E-state index in [2.05, 4.69) is 9.97 Å². The maximum Gasteiger partial charge on any atom is 0.355 e. The first-order chi connectivity index (χ1) is 11.4. The highest BCUT2D eigenvalue weighted by Gasteiger charge is 2.24. The second-order valence-corrected chi connectivity index (χ2v) is 4.95. The Kier molecular flexibility index (Phi) is 5.32. The quantitative estimate of drug-likeness (QED) is 0.817. The number of esters is 2. The van der Waals surface area contributed by atoms with Crippen molar-refractivity contribution < 1.29 is 27.8 Å². The van der Waals surface area contributed by atoms with Gasteiger partial charge in [0.2, 0.25) is 0 Å². The summed E-state index contributed by atoms with van der Waals surface area (Å²) in [6.45, 7) is 1.90. The lowest BCUT2D eigenvalue weighted by Crippen LogP contribution is -2.12. The number of imidazole rings is 1. The summed E-state index contributed by atoms with van der Waals surface area (Å²) < 4.78 is 36.0. The molecule has 1 N–H and O–H groups in total. The summed E-state index contributed by atoms with van der Waals surface area (Å²) in [4.78, 5) is 30.5. The van der Waals surface area contributed by atoms with E-state index < -0.39 is 25.1 Å². The zero-order valence-corrected chi connectivity index (χ0v) is 13.4. The van der Waals surface area contributed by atoms with Gasteiger partial charge < -0.3 is 14.5 Å². The van der Waals surface area contributed by atoms with Gasteiger partial charge in [-0.2, -0.15) is 8.78 Å². The zero-order valence-electron chi connectivity index (χ0n) is 13.4. The maximum atomic E-state index is 12.7. The number of H-pyrrole nitrogens is 1. The number of aryl methyl sites for hydroxylation is 1. The van der Waals surface area contributed by atoms with Crippen molar-refractivity contribution in [2.45, 2.75) is 33.9 Å². The van der Waals surface area contributed by atoms with Crippen LogP contribution >= 0.6 is 0 Å². The van der Waals surface area contributed by atoms with Crippen LogP contribution in [0.2, 0.25) is 0 Å². The Labute approximate surface area is 136 Å². The van der Waals surface area contributed by atoms with Gasteiger partial charge in [0.15, 0.2) is 5.82 Å². The molecule has 2 heterocycles. The van der Waals surface area contributed by atoms with Crippen molar-refractivity contribution in [3.05, 3.63) is 40.7 Å². The third-order valence-electron chi connectivity index (χ3n) is 3.41. The Hall–Kier alpha value is -2.71. The number of alkyl halides is 2. The van der Waals surface area contributed by atoms with Crippen LogP contribution in [0.3, 0.4) is 0 Å². The second-order valence-electron chi connectivity index (χ2n) is 4.95. The van der Waals surface area contributed by atoms with E-state index in [0.717, 1.165) is 6.20 Å². The molecule has 0 spiro atoms. The number of rotatable bonds is 6. The van der Waals surface area contributed by atoms with E-state index in [1.165, 1.54) is 6.20 Å². The van der Waals surface area contributed by atoms with Crippen molar-refractivity contribution in [3.63, 3.8) is 0 Å². The second kappa shape index (κ2) is 7.24. The summed E-state index contributed by atoms with van der Waals surface area (Å²) >= 11 is 0. The molecule has 2 aromatic rings. The molecule has 0 atom stereocenters. The molecule has 0 fully saturated rings. The van der Waals surface area contributed by atoms with Gasteiger partial charge in [0.05, 0.1) is 12.2 Å². The fraction of sp³-hybridized carbons (Fsp3) is 0.400. The fourth-order valence-electron chi connectivity index (χ4n) is 2.30. The van der Waals surface area contributed by atoms with Crippen LogP contribution in [0.15, 0.2) is 12.4 Å². The third-order valence-corrected chi connectivity index (χ3v) is 3.41. The number of ether oxygens (including phenoxy) is 2. The molecule has 7 nitrogen and oxygen atoms in total. The first kappa shape index (κ1) is 17.6. The number of nitrogens with zero attached hydrogens (tertiary/aromatic N) is 2. The topological polar surface area (TPSA) is 86.2 Å². The van der Waals surface area contributed by atoms with Gasteiger partial charge >= 0.3 is 18.5 Å². The predicted octanol–water partition coefficient (Wildman–Crippen LogP) is 2.76. The van der Waals surface area contributed by atoms with Crippen LogP contribution in [0.1, 0.15) is 51.4 Å². The molecular formula is C15H17F2N3O4. The lowest BCUT2D eigenvalue weighted by atomic mass is 10.1. The van der Waals surface area contributed by atoms with Crippen LogP contribution in [0.4, 0.5) is 8.78 Å². The zero-order chi connectivity index (χ0) is 17.9. The molecule has 0 aliphatic rings. The Morgan fingerprint density at radius 3 is 2.62 bits per heavy atom. The molecule has 0 unspecified atom stereocenters. The molecule has 130 valence electrons. The molecule has 0 aromatic carbocycles. The number of aromatic nitrogens is 3. The largest absolute Gasteiger partial charge is 0.462 e. The number of carbonyl (C=O) groups is 2. The highest BCUT2D eigenvalue weighted by atomic mass is 19.3. The van der Waals surface area contributed by atoms with Crippen molar-refractivity contribution in [1.82, 2.24) is 14.5 Å². The standard InChI is InChI=1S/C15H17F2N3O4/c1-4-23-13(21)11-8(2)12(19-9(11)3)14(22)24-7-10-18-5-6-20(10)15(16)17/h5-6,15,19H,4,7H2,1-3H3. The summed E-state index contributed by atoms with van der Waals surface area (Å²) in [5.74, 6) is -1.39. The van der Waals surface area contributed by atoms with Crippen LogP contribution in [-0.2, 0) is 16.1 Å². The highest BCUT2D eigenvalue weighted by Crippen LogP contribution is 2.20. The minimum atomic E-state index is -2.77. The minimum absolute atomic E-state index is 0.0747. The average molecular weight is 341 g/mol. The first-order valence-corrected chi connectivity index (χ1v) is 7.20. The van der Waals surface area contributed by atoms with Crippen LogP contribution < -0.4 is 0 Å². The summed E-state index contributed by atoms with van der Waals surface area (Å²) in [6, 6.07) is 0. The maximum absolute atomic E-state index is 12.7. The van der Waals surface area contributed by atoms with E-state index in [9.17, 15) is 18.4 Å². The van der Waals surface area contributed by atoms with Crippen LogP contribution in [0.5, 0.6) is 0 Å². The molecular weight excluding hydrogens is 324 g/mol. The van der Waals surface area contributed by atoms with Crippen molar-refractivity contribution in [1.29, 1.82) is 0 Å². The van der Waals surface area contributed by atoms with Gasteiger partial charge in [-0.25, -0.2) is 14.6 Å². The van der Waals surface area contributed by atoms with Crippen molar-refractivity contribution >= 4 is 11.9 Å². The lowest BCUT2D eigenvalue weighted by molar-refractivity contribution is 0.0370. The first-order valence-electron chi connectivity index (χ1n) is 7.20. The monoisotopic (exact) mass is 341 g/mol. The van der Waals surface area contributed by atoms with Gasteiger partial charge in [0, 0.05) is 18.1 Å². The van der Waals surface area contributed by atoms with E-state index in [4.69, 9.17) is 9.47 Å². The molecule has 24 heavy (non-hydrogen) atoms. The average Bonchev–Trinajstić information content (AvgIpc) is 3.09. The van der Waals surface area contributed by atoms with Gasteiger partial charge in [0.1, 0.15) is 12.3 Å². The molecule has 0 saturated carbocycles. The Morgan fingerprint density at radius 2 is 2.00 bits per heavy atom. The Morgan fingerprint density at radius 1 is 1.29 bits per heavy atom. The van der Waals surface area contributed by atoms with E-state index in [1.807, 2.05) is 0 Å². The number of hydrogen-bond donors (Lipinski definition) is 1. The summed E-state index contributed by atoms with van der Waals surface area (Å²) in [6.07, 6.45) is 2.29. The molecule has 0 bridgehead atoms. The molecule has 0 saturated heterocycles. The van der Waals surface area contributed by atoms with Crippen molar-refractivity contribution in [3.8, 4) is 0 Å². The SMILES string of the molecule is CCOC(=O)c1c(C)[nH]c(C(=O)OCc2nccn2C(F)F)c1C. The lowest BCUT2D eigenvalue weighted by Gasteiger charge is -2.07. The number of hydrogen-bond acceptors (Lipinski definition) is 5. The van der Waals surface area contributed by atoms with E-state index in [1.54, 1.807) is 20.8 Å². The Balaban J connectivity index is 2.14. The van der Waals surface area contributed by atoms with Gasteiger partial charge in [-0.05, 0) is 26.3 Å². The van der Waals surface area contributed by atoms with Gasteiger partial charge in [-0.1, -0.05) is 0 Å². The molecule has 0 radical (unpaired) electrons. The summed E-state index contributed by atoms with van der Waals surface area (Å²) in [5.41, 5.74) is 1.18. The van der Waals surface area contributed by atoms with Gasteiger partial charge in [-0.3, -0.25) is 4.57 Å². The fourth-order valence-corrected chi connectivity index (χ4v) is 2.30. The molecule has 0 aliphatic heterocycles. The van der Waals surface area contributed by atoms with E-state index in [-0.39, 0.29) is 23.7 Å². The van der Waals surface area contributed by atoms with Gasteiger partial charge in [0.25, 0.3) is 0 Å². The molecule has 0 amide bonds. The van der Waals surface area contributed by atoms with E-state index >= 15 is 0 Å². The van der Waals surface area contributed by atoms with E-state index in [0.29, 0.717) is 15.8 Å². The summed E-state index contributed by atoms with van der Waals surface area (Å²) in [5, 5.41) is 0. The van der Waals surface area contributed by atoms with Crippen LogP contribution in [-0.4, -0.2) is 33.1 Å². The van der Waals surface area contributed by atoms with Gasteiger partial charge in [-0.15, -0.1) is 0 Å². The number of halogens is 2. The third kappa shape index (κ3) is 3.44. The Bertz CT molecular complexity index is 752. The van der Waals surface area contributed by atoms with Crippen LogP contribution in [0.25, 0.3) is 0 Å².